The number of nitrogens with zero attached hydrogens (tertiary/aromatic N) is 2. The van der Waals surface area contributed by atoms with Crippen molar-refractivity contribution in [2.75, 3.05) is 24.2 Å². The zero-order valence-electron chi connectivity index (χ0n) is 20.4. The summed E-state index contributed by atoms with van der Waals surface area (Å²) in [6.45, 7) is 4.97. The first-order valence-electron chi connectivity index (χ1n) is 11.0. The third-order valence-electron chi connectivity index (χ3n) is 5.53. The van der Waals surface area contributed by atoms with E-state index in [0.29, 0.717) is 5.75 Å². The molecule has 0 aromatic heterocycles. The van der Waals surface area contributed by atoms with Crippen LogP contribution in [-0.4, -0.2) is 57.1 Å². The van der Waals surface area contributed by atoms with Gasteiger partial charge in [-0.1, -0.05) is 42.3 Å². The summed E-state index contributed by atoms with van der Waals surface area (Å²) < 4.78 is 31.4. The quantitative estimate of drug-likeness (QED) is 0.460. The van der Waals surface area contributed by atoms with E-state index in [4.69, 9.17) is 27.9 Å². The Morgan fingerprint density at radius 1 is 1.09 bits per heavy atom. The number of methoxy groups -OCH3 is 1. The summed E-state index contributed by atoms with van der Waals surface area (Å²) in [5.74, 6) is -0.299. The lowest BCUT2D eigenvalue weighted by atomic mass is 10.1. The van der Waals surface area contributed by atoms with Crippen LogP contribution < -0.4 is 14.4 Å². The summed E-state index contributed by atoms with van der Waals surface area (Å²) in [7, 11) is -2.33. The van der Waals surface area contributed by atoms with Gasteiger partial charge in [0.2, 0.25) is 21.8 Å². The van der Waals surface area contributed by atoms with Gasteiger partial charge in [0.15, 0.2) is 0 Å². The van der Waals surface area contributed by atoms with E-state index in [0.717, 1.165) is 22.5 Å². The molecule has 0 radical (unpaired) electrons. The second kappa shape index (κ2) is 12.5. The van der Waals surface area contributed by atoms with Gasteiger partial charge in [-0.25, -0.2) is 8.42 Å². The van der Waals surface area contributed by atoms with Crippen molar-refractivity contribution in [3.8, 4) is 5.75 Å². The molecule has 2 aromatic carbocycles. The molecule has 0 aliphatic rings. The molecule has 192 valence electrons. The number of carbonyl (C=O) groups excluding carboxylic acids is 2. The molecule has 35 heavy (non-hydrogen) atoms. The zero-order chi connectivity index (χ0) is 26.3. The average Bonchev–Trinajstić information content (AvgIpc) is 2.81. The number of rotatable bonds is 11. The molecule has 1 N–H and O–H groups in total. The molecule has 0 aliphatic carbocycles. The summed E-state index contributed by atoms with van der Waals surface area (Å²) in [6.07, 6.45) is 1.72. The van der Waals surface area contributed by atoms with E-state index in [-0.39, 0.29) is 34.2 Å². The van der Waals surface area contributed by atoms with Gasteiger partial charge in [-0.3, -0.25) is 13.9 Å². The number of hydrogen-bond donors (Lipinski definition) is 1. The summed E-state index contributed by atoms with van der Waals surface area (Å²) in [6, 6.07) is 10.5. The highest BCUT2D eigenvalue weighted by atomic mass is 35.5. The number of amides is 2. The standard InChI is InChI=1S/C24H31Cl2N3O5S/c1-6-16(2)27-24(31)17(3)28(14-18-8-7-9-20(12-18)34-4)23(30)15-29(35(5,32)33)19-10-11-21(25)22(26)13-19/h7-13,16-17H,6,14-15H2,1-5H3,(H,27,31)/t16-,17-/m0/s1. The molecule has 2 amide bonds. The van der Waals surface area contributed by atoms with Crippen LogP contribution in [0.15, 0.2) is 42.5 Å². The minimum absolute atomic E-state index is 0.0735. The fourth-order valence-corrected chi connectivity index (χ4v) is 4.40. The summed E-state index contributed by atoms with van der Waals surface area (Å²) >= 11 is 12.1. The van der Waals surface area contributed by atoms with Crippen LogP contribution in [0.25, 0.3) is 0 Å². The van der Waals surface area contributed by atoms with Crippen LogP contribution in [0.4, 0.5) is 5.69 Å². The van der Waals surface area contributed by atoms with E-state index in [1.807, 2.05) is 13.8 Å². The Labute approximate surface area is 217 Å². The summed E-state index contributed by atoms with van der Waals surface area (Å²) in [5.41, 5.74) is 0.912. The summed E-state index contributed by atoms with van der Waals surface area (Å²) in [5, 5.41) is 3.29. The van der Waals surface area contributed by atoms with E-state index in [1.165, 1.54) is 30.2 Å². The van der Waals surface area contributed by atoms with Crippen molar-refractivity contribution in [2.45, 2.75) is 45.8 Å². The Kier molecular flexibility index (Phi) is 10.2. The van der Waals surface area contributed by atoms with Crippen molar-refractivity contribution in [2.24, 2.45) is 0 Å². The second-order valence-electron chi connectivity index (χ2n) is 8.24. The van der Waals surface area contributed by atoms with Crippen LogP contribution in [0.2, 0.25) is 10.0 Å². The van der Waals surface area contributed by atoms with E-state index in [2.05, 4.69) is 5.32 Å². The van der Waals surface area contributed by atoms with Crippen LogP contribution in [-0.2, 0) is 26.2 Å². The van der Waals surface area contributed by atoms with E-state index in [9.17, 15) is 18.0 Å². The number of nitrogens with one attached hydrogen (secondary N) is 1. The Morgan fingerprint density at radius 2 is 1.77 bits per heavy atom. The minimum atomic E-state index is -3.87. The molecule has 0 saturated carbocycles. The number of halogens is 2. The van der Waals surface area contributed by atoms with Gasteiger partial charge in [-0.15, -0.1) is 0 Å². The zero-order valence-corrected chi connectivity index (χ0v) is 22.7. The van der Waals surface area contributed by atoms with Gasteiger partial charge in [0.25, 0.3) is 0 Å². The maximum Gasteiger partial charge on any atom is 0.244 e. The van der Waals surface area contributed by atoms with Gasteiger partial charge in [-0.05, 0) is 56.2 Å². The van der Waals surface area contributed by atoms with Crippen LogP contribution in [0.3, 0.4) is 0 Å². The van der Waals surface area contributed by atoms with Crippen molar-refractivity contribution in [3.05, 3.63) is 58.1 Å². The normalized spacial score (nSPS) is 13.0. The fraction of sp³-hybridized carbons (Fsp3) is 0.417. The Morgan fingerprint density at radius 3 is 2.34 bits per heavy atom. The van der Waals surface area contributed by atoms with Crippen molar-refractivity contribution in [3.63, 3.8) is 0 Å². The molecule has 2 atom stereocenters. The molecule has 0 fully saturated rings. The third kappa shape index (κ3) is 8.02. The Balaban J connectivity index is 2.42. The first-order valence-corrected chi connectivity index (χ1v) is 13.6. The van der Waals surface area contributed by atoms with Gasteiger partial charge in [0.1, 0.15) is 18.3 Å². The molecule has 2 aromatic rings. The lowest BCUT2D eigenvalue weighted by Gasteiger charge is -2.32. The minimum Gasteiger partial charge on any atom is -0.497 e. The molecular formula is C24H31Cl2N3O5S. The van der Waals surface area contributed by atoms with E-state index in [1.54, 1.807) is 31.2 Å². The van der Waals surface area contributed by atoms with Gasteiger partial charge >= 0.3 is 0 Å². The average molecular weight is 545 g/mol. The molecule has 0 heterocycles. The third-order valence-corrected chi connectivity index (χ3v) is 7.41. The van der Waals surface area contributed by atoms with Gasteiger partial charge in [-0.2, -0.15) is 0 Å². The summed E-state index contributed by atoms with van der Waals surface area (Å²) in [4.78, 5) is 27.8. The van der Waals surface area contributed by atoms with Crippen LogP contribution in [0.5, 0.6) is 5.75 Å². The molecule has 0 unspecified atom stereocenters. The van der Waals surface area contributed by atoms with Crippen molar-refractivity contribution in [1.82, 2.24) is 10.2 Å². The molecule has 0 bridgehead atoms. The molecule has 8 nitrogen and oxygen atoms in total. The van der Waals surface area contributed by atoms with Gasteiger partial charge in [0.05, 0.1) is 29.1 Å². The van der Waals surface area contributed by atoms with Crippen molar-refractivity contribution < 1.29 is 22.7 Å². The van der Waals surface area contributed by atoms with Crippen molar-refractivity contribution in [1.29, 1.82) is 0 Å². The molecule has 0 spiro atoms. The highest BCUT2D eigenvalue weighted by molar-refractivity contribution is 7.92. The SMILES string of the molecule is CC[C@H](C)NC(=O)[C@H](C)N(Cc1cccc(OC)c1)C(=O)CN(c1ccc(Cl)c(Cl)c1)S(C)(=O)=O. The monoisotopic (exact) mass is 543 g/mol. The topological polar surface area (TPSA) is 96.0 Å². The number of carbonyl (C=O) groups is 2. The lowest BCUT2D eigenvalue weighted by molar-refractivity contribution is -0.139. The number of hydrogen-bond acceptors (Lipinski definition) is 5. The van der Waals surface area contributed by atoms with E-state index >= 15 is 0 Å². The molecule has 2 rings (SSSR count). The van der Waals surface area contributed by atoms with E-state index < -0.39 is 28.5 Å². The molecular weight excluding hydrogens is 513 g/mol. The predicted molar refractivity (Wildman–Crippen MR) is 140 cm³/mol. The molecule has 11 heteroatoms. The van der Waals surface area contributed by atoms with Gasteiger partial charge < -0.3 is 15.0 Å². The van der Waals surface area contributed by atoms with Crippen LogP contribution >= 0.6 is 23.2 Å². The largest absolute Gasteiger partial charge is 0.497 e. The predicted octanol–water partition coefficient (Wildman–Crippen LogP) is 4.10. The highest BCUT2D eigenvalue weighted by Crippen LogP contribution is 2.28. The number of benzene rings is 2. The van der Waals surface area contributed by atoms with Crippen molar-refractivity contribution >= 4 is 50.7 Å². The maximum absolute atomic E-state index is 13.5. The Hall–Kier alpha value is -2.49. The molecule has 0 saturated heterocycles. The fourth-order valence-electron chi connectivity index (χ4n) is 3.27. The number of anilines is 1. The number of ether oxygens (including phenoxy) is 1. The smallest absolute Gasteiger partial charge is 0.244 e. The maximum atomic E-state index is 13.5. The highest BCUT2D eigenvalue weighted by Gasteiger charge is 2.30. The van der Waals surface area contributed by atoms with Gasteiger partial charge in [0, 0.05) is 12.6 Å². The first-order chi connectivity index (χ1) is 16.4. The van der Waals surface area contributed by atoms with Crippen LogP contribution in [0, 0.1) is 0 Å². The Bertz CT molecular complexity index is 1160. The van der Waals surface area contributed by atoms with Crippen LogP contribution in [0.1, 0.15) is 32.8 Å². The lowest BCUT2D eigenvalue weighted by Crippen LogP contribution is -2.52. The first kappa shape index (κ1) is 28.7. The number of sulfonamides is 1. The second-order valence-corrected chi connectivity index (χ2v) is 11.0. The molecule has 0 aliphatic heterocycles.